The Kier molecular flexibility index (Phi) is 8.26. The molecular formula is C47H61N3O6. The van der Waals surface area contributed by atoms with Gasteiger partial charge in [0.25, 0.3) is 0 Å². The van der Waals surface area contributed by atoms with Gasteiger partial charge in [-0.1, -0.05) is 51.2 Å². The highest BCUT2D eigenvalue weighted by molar-refractivity contribution is 6.18. The van der Waals surface area contributed by atoms with Crippen molar-refractivity contribution in [1.29, 1.82) is 0 Å². The Morgan fingerprint density at radius 3 is 2.54 bits per heavy atom. The van der Waals surface area contributed by atoms with Crippen LogP contribution in [0.15, 0.2) is 53.1 Å². The molecule has 2 saturated carbocycles. The molecule has 9 nitrogen and oxygen atoms in total. The largest absolute Gasteiger partial charge is 0.475 e. The lowest BCUT2D eigenvalue weighted by Crippen LogP contribution is -2.62. The summed E-state index contributed by atoms with van der Waals surface area (Å²) in [6.45, 7) is 24.1. The molecule has 56 heavy (non-hydrogen) atoms. The van der Waals surface area contributed by atoms with Crippen LogP contribution in [0, 0.1) is 28.6 Å². The monoisotopic (exact) mass is 763 g/mol. The van der Waals surface area contributed by atoms with Gasteiger partial charge in [0.1, 0.15) is 24.9 Å². The molecule has 4 N–H and O–H groups in total. The topological polar surface area (TPSA) is 126 Å². The molecule has 300 valence electrons. The van der Waals surface area contributed by atoms with E-state index in [4.69, 9.17) is 9.47 Å². The molecule has 4 heterocycles. The molecule has 9 rings (SSSR count). The summed E-state index contributed by atoms with van der Waals surface area (Å²) in [6, 6.07) is 1.43. The second-order valence-electron chi connectivity index (χ2n) is 20.1. The number of ketones is 1. The Balaban J connectivity index is 1.17. The van der Waals surface area contributed by atoms with E-state index in [2.05, 4.69) is 94.2 Å². The molecule has 9 heteroatoms. The zero-order valence-corrected chi connectivity index (χ0v) is 34.9. The van der Waals surface area contributed by atoms with E-state index < -0.39 is 41.1 Å². The van der Waals surface area contributed by atoms with E-state index in [0.717, 1.165) is 64.4 Å². The van der Waals surface area contributed by atoms with Crippen LogP contribution in [0.1, 0.15) is 133 Å². The Hall–Kier alpha value is -3.34. The van der Waals surface area contributed by atoms with Gasteiger partial charge in [0, 0.05) is 39.0 Å². The number of benzene rings is 1. The van der Waals surface area contributed by atoms with Crippen LogP contribution in [0.5, 0.6) is 0 Å². The van der Waals surface area contributed by atoms with Crippen molar-refractivity contribution in [3.8, 4) is 0 Å². The highest BCUT2D eigenvalue weighted by Crippen LogP contribution is 2.71. The highest BCUT2D eigenvalue weighted by atomic mass is 16.5. The molecule has 2 fully saturated rings. The Labute approximate surface area is 331 Å². The molecule has 1 aromatic carbocycles. The Bertz CT molecular complexity index is 2220. The zero-order valence-electron chi connectivity index (χ0n) is 34.9. The minimum atomic E-state index is -0.855. The fraction of sp³-hybridized carbons (Fsp3) is 0.617. The number of fused-ring (bicyclic) bond motifs is 11. The van der Waals surface area contributed by atoms with Gasteiger partial charge in [-0.15, -0.1) is 0 Å². The summed E-state index contributed by atoms with van der Waals surface area (Å²) in [5.74, 6) is 0.873. The average molecular weight is 764 g/mol. The molecule has 4 unspecified atom stereocenters. The van der Waals surface area contributed by atoms with Gasteiger partial charge in [0.2, 0.25) is 5.90 Å². The number of ether oxygens (including phenoxy) is 2. The smallest absolute Gasteiger partial charge is 0.212 e. The minimum Gasteiger partial charge on any atom is -0.475 e. The number of carbonyl (C=O) groups is 1. The van der Waals surface area contributed by atoms with Crippen LogP contribution in [-0.4, -0.2) is 74.8 Å². The van der Waals surface area contributed by atoms with Gasteiger partial charge < -0.3 is 29.4 Å². The number of aliphatic imine (C=N–C) groups is 1. The second-order valence-corrected chi connectivity index (χ2v) is 20.1. The summed E-state index contributed by atoms with van der Waals surface area (Å²) in [5, 5.41) is 38.3. The molecule has 11 atom stereocenters. The number of aliphatic hydroxyl groups is 3. The predicted molar refractivity (Wildman–Crippen MR) is 220 cm³/mol. The van der Waals surface area contributed by atoms with Gasteiger partial charge >= 0.3 is 0 Å². The van der Waals surface area contributed by atoms with Crippen molar-refractivity contribution in [3.63, 3.8) is 0 Å². The summed E-state index contributed by atoms with van der Waals surface area (Å²) in [5.41, 5.74) is 6.70. The highest BCUT2D eigenvalue weighted by Gasteiger charge is 2.68. The van der Waals surface area contributed by atoms with E-state index in [1.165, 1.54) is 11.3 Å². The summed E-state index contributed by atoms with van der Waals surface area (Å²) >= 11 is 0. The van der Waals surface area contributed by atoms with Gasteiger partial charge in [0.15, 0.2) is 5.78 Å². The number of aliphatic hydroxyl groups excluding tert-OH is 3. The Morgan fingerprint density at radius 2 is 1.84 bits per heavy atom. The van der Waals surface area contributed by atoms with Crippen molar-refractivity contribution < 1.29 is 29.6 Å². The lowest BCUT2D eigenvalue weighted by molar-refractivity contribution is -0.144. The van der Waals surface area contributed by atoms with Crippen LogP contribution in [0.2, 0.25) is 0 Å². The molecule has 0 radical (unpaired) electrons. The summed E-state index contributed by atoms with van der Waals surface area (Å²) in [6.07, 6.45) is 10.9. The maximum atomic E-state index is 15.0. The Morgan fingerprint density at radius 1 is 1.11 bits per heavy atom. The lowest BCUT2D eigenvalue weighted by Gasteiger charge is -2.64. The van der Waals surface area contributed by atoms with Gasteiger partial charge in [-0.3, -0.25) is 10.1 Å². The minimum absolute atomic E-state index is 0.0367. The predicted octanol–water partition coefficient (Wildman–Crippen LogP) is 7.43. The van der Waals surface area contributed by atoms with Gasteiger partial charge in [0.05, 0.1) is 34.5 Å². The standard InChI is InChI=1S/C47H61N3O6/c1-23(2)36-39(53)34-33-26(29-21-43(4,5)56-44(6,7)35(29)38(33)52)20-27-28-19-25-14-15-31-45(8,17-12-13-24(3)42-49-30(22-55-42)41(54)48-11)32(51)16-18-46(31,9)47(25,10)40(28)50(36)37(27)34/h12-13,17,20-21,25,30-32,35-36,38,41,48,51-52,54H,1,14-16,18-19,22H2,2-11H3/b17-12+,24-13?/t25?,30?,31-,32-,35?,36-,38+,41?,45-,46-,47+/m0/s1. The van der Waals surface area contributed by atoms with Gasteiger partial charge in [-0.05, 0) is 127 Å². The lowest BCUT2D eigenvalue weighted by atomic mass is 9.40. The average Bonchev–Trinajstić information content (AvgIpc) is 3.91. The number of allylic oxidation sites excluding steroid dienone is 3. The second kappa shape index (κ2) is 12.1. The third-order valence-corrected chi connectivity index (χ3v) is 16.1. The quantitative estimate of drug-likeness (QED) is 0.137. The molecule has 0 saturated heterocycles. The van der Waals surface area contributed by atoms with Crippen LogP contribution in [-0.2, 0) is 21.3 Å². The number of carbonyl (C=O) groups excluding carboxylic acids is 1. The summed E-state index contributed by atoms with van der Waals surface area (Å²) in [7, 11) is 1.70. The first-order valence-electron chi connectivity index (χ1n) is 20.9. The van der Waals surface area contributed by atoms with Crippen LogP contribution in [0.3, 0.4) is 0 Å². The zero-order chi connectivity index (χ0) is 40.2. The van der Waals surface area contributed by atoms with Crippen molar-refractivity contribution >= 4 is 28.2 Å². The van der Waals surface area contributed by atoms with Crippen molar-refractivity contribution in [1.82, 2.24) is 9.88 Å². The number of aromatic nitrogens is 1. The van der Waals surface area contributed by atoms with E-state index >= 15 is 0 Å². The van der Waals surface area contributed by atoms with Crippen LogP contribution < -0.4 is 5.32 Å². The van der Waals surface area contributed by atoms with E-state index in [1.54, 1.807) is 7.05 Å². The summed E-state index contributed by atoms with van der Waals surface area (Å²) in [4.78, 5) is 19.6. The number of nitrogens with zero attached hydrogens (tertiary/aromatic N) is 2. The summed E-state index contributed by atoms with van der Waals surface area (Å²) < 4.78 is 14.8. The third-order valence-electron chi connectivity index (χ3n) is 16.1. The molecular weight excluding hydrogens is 703 g/mol. The molecule has 1 aromatic heterocycles. The normalized spacial score (nSPS) is 39.5. The number of rotatable bonds is 6. The van der Waals surface area contributed by atoms with E-state index in [-0.39, 0.29) is 34.5 Å². The van der Waals surface area contributed by atoms with E-state index in [9.17, 15) is 20.1 Å². The van der Waals surface area contributed by atoms with E-state index in [1.807, 2.05) is 19.9 Å². The maximum Gasteiger partial charge on any atom is 0.212 e. The number of likely N-dealkylation sites (N-methyl/N-ethyl adjacent to an activating group) is 1. The molecule has 7 aliphatic rings. The number of Topliss-reactive ketones (excluding diaryl/α,β-unsaturated/α-hetero) is 1. The fourth-order valence-corrected chi connectivity index (χ4v) is 13.5. The van der Waals surface area contributed by atoms with Gasteiger partial charge in [-0.25, -0.2) is 4.99 Å². The SMILES string of the molecule is C=C(C)[C@H]1C(=O)c2c3c(cc4c5c(n1c24)[C@@]1(C)C(CC[C@H]2[C@](C)(/C=C/C=C(C)C4=NC(C(O)NC)CO4)[C@@H](O)CC[C@@]21C)C5)C1=CC(C)(C)OC(C)(C)C1[C@@H]3O. The molecule has 0 amide bonds. The first kappa shape index (κ1) is 38.2. The van der Waals surface area contributed by atoms with Crippen molar-refractivity contribution in [2.75, 3.05) is 13.7 Å². The van der Waals surface area contributed by atoms with Crippen molar-refractivity contribution in [2.24, 2.45) is 33.6 Å². The van der Waals surface area contributed by atoms with Gasteiger partial charge in [-0.2, -0.15) is 0 Å². The molecule has 0 bridgehead atoms. The molecule has 3 aliphatic heterocycles. The first-order valence-corrected chi connectivity index (χ1v) is 20.9. The van der Waals surface area contributed by atoms with Crippen LogP contribution in [0.25, 0.3) is 16.5 Å². The van der Waals surface area contributed by atoms with Crippen LogP contribution >= 0.6 is 0 Å². The number of hydrogen-bond donors (Lipinski definition) is 4. The van der Waals surface area contributed by atoms with E-state index in [0.29, 0.717) is 30.4 Å². The number of hydrogen-bond acceptors (Lipinski definition) is 8. The molecule has 2 aromatic rings. The van der Waals surface area contributed by atoms with Crippen molar-refractivity contribution in [2.45, 2.75) is 142 Å². The first-order chi connectivity index (χ1) is 26.2. The third kappa shape index (κ3) is 4.78. The van der Waals surface area contributed by atoms with Crippen molar-refractivity contribution in [3.05, 3.63) is 76.0 Å². The fourth-order valence-electron chi connectivity index (χ4n) is 13.5. The molecule has 4 aliphatic carbocycles. The number of nitrogens with one attached hydrogen (secondary N) is 1. The van der Waals surface area contributed by atoms with Crippen LogP contribution in [0.4, 0.5) is 0 Å². The molecule has 0 spiro atoms. The maximum absolute atomic E-state index is 15.0.